The van der Waals surface area contributed by atoms with Crippen LogP contribution in [0, 0.1) is 11.8 Å². The van der Waals surface area contributed by atoms with Crippen molar-refractivity contribution in [2.24, 2.45) is 11.8 Å². The molecule has 2 aliphatic rings. The van der Waals surface area contributed by atoms with Crippen LogP contribution >= 0.6 is 0 Å². The molecule has 1 nitrogen and oxygen atoms in total. The number of hydrogen-bond donors (Lipinski definition) is 1. The average Bonchev–Trinajstić information content (AvgIpc) is 2.02. The van der Waals surface area contributed by atoms with Crippen molar-refractivity contribution in [2.45, 2.75) is 38.3 Å². The third kappa shape index (κ3) is 1.37. The standard InChI is InChI=1S/C10H18FN/c1-8-2-4-9(5-3-8)10(11)6-12-7-10/h8-9,12H,2-7H2,1H3. The van der Waals surface area contributed by atoms with E-state index >= 15 is 0 Å². The summed E-state index contributed by atoms with van der Waals surface area (Å²) in [6.07, 6.45) is 4.69. The van der Waals surface area contributed by atoms with E-state index in [2.05, 4.69) is 12.2 Å². The second kappa shape index (κ2) is 2.99. The minimum Gasteiger partial charge on any atom is -0.310 e. The highest BCUT2D eigenvalue weighted by Gasteiger charge is 2.45. The van der Waals surface area contributed by atoms with E-state index in [4.69, 9.17) is 0 Å². The predicted octanol–water partition coefficient (Wildman–Crippen LogP) is 2.12. The zero-order valence-corrected chi connectivity index (χ0v) is 7.78. The van der Waals surface area contributed by atoms with E-state index in [1.807, 2.05) is 0 Å². The normalized spacial score (nSPS) is 40.5. The van der Waals surface area contributed by atoms with Gasteiger partial charge in [-0.1, -0.05) is 19.8 Å². The molecule has 1 saturated carbocycles. The molecule has 2 fully saturated rings. The molecule has 0 unspecified atom stereocenters. The molecular formula is C10H18FN. The van der Waals surface area contributed by atoms with Crippen molar-refractivity contribution >= 4 is 0 Å². The highest BCUT2D eigenvalue weighted by Crippen LogP contribution is 2.39. The number of alkyl halides is 1. The van der Waals surface area contributed by atoms with Gasteiger partial charge in [-0.15, -0.1) is 0 Å². The van der Waals surface area contributed by atoms with E-state index < -0.39 is 5.67 Å². The van der Waals surface area contributed by atoms with Crippen LogP contribution in [0.25, 0.3) is 0 Å². The second-order valence-electron chi connectivity index (χ2n) is 4.59. The Morgan fingerprint density at radius 1 is 1.17 bits per heavy atom. The molecule has 1 saturated heterocycles. The van der Waals surface area contributed by atoms with Gasteiger partial charge in [0.15, 0.2) is 0 Å². The molecule has 1 N–H and O–H groups in total. The van der Waals surface area contributed by atoms with Crippen molar-refractivity contribution < 1.29 is 4.39 Å². The SMILES string of the molecule is CC1CCC(C2(F)CNC2)CC1. The van der Waals surface area contributed by atoms with E-state index in [0.717, 1.165) is 18.8 Å². The molecule has 0 amide bonds. The van der Waals surface area contributed by atoms with Crippen LogP contribution < -0.4 is 5.32 Å². The van der Waals surface area contributed by atoms with Gasteiger partial charge < -0.3 is 5.32 Å². The molecule has 1 aliphatic heterocycles. The Labute approximate surface area is 73.7 Å². The van der Waals surface area contributed by atoms with Gasteiger partial charge in [0.2, 0.25) is 0 Å². The van der Waals surface area contributed by atoms with Crippen LogP contribution in [0.3, 0.4) is 0 Å². The molecule has 0 radical (unpaired) electrons. The highest BCUT2D eigenvalue weighted by molar-refractivity contribution is 4.99. The zero-order valence-electron chi connectivity index (χ0n) is 7.78. The van der Waals surface area contributed by atoms with Crippen LogP contribution in [-0.4, -0.2) is 18.8 Å². The van der Waals surface area contributed by atoms with Crippen molar-refractivity contribution in [3.8, 4) is 0 Å². The number of nitrogens with one attached hydrogen (secondary N) is 1. The van der Waals surface area contributed by atoms with Gasteiger partial charge in [0.25, 0.3) is 0 Å². The largest absolute Gasteiger partial charge is 0.310 e. The lowest BCUT2D eigenvalue weighted by molar-refractivity contribution is 0.000318. The van der Waals surface area contributed by atoms with Crippen molar-refractivity contribution in [3.63, 3.8) is 0 Å². The fourth-order valence-corrected chi connectivity index (χ4v) is 2.43. The number of rotatable bonds is 1. The Morgan fingerprint density at radius 2 is 1.75 bits per heavy atom. The Balaban J connectivity index is 1.88. The maximum absolute atomic E-state index is 13.9. The zero-order chi connectivity index (χ0) is 8.60. The van der Waals surface area contributed by atoms with Crippen molar-refractivity contribution in [2.75, 3.05) is 13.1 Å². The van der Waals surface area contributed by atoms with Gasteiger partial charge in [-0.25, -0.2) is 4.39 Å². The fourth-order valence-electron chi connectivity index (χ4n) is 2.43. The summed E-state index contributed by atoms with van der Waals surface area (Å²) in [7, 11) is 0. The summed E-state index contributed by atoms with van der Waals surface area (Å²) in [5.74, 6) is 1.19. The summed E-state index contributed by atoms with van der Waals surface area (Å²) in [6.45, 7) is 3.48. The lowest BCUT2D eigenvalue weighted by Gasteiger charge is -2.44. The molecule has 0 aromatic carbocycles. The summed E-state index contributed by atoms with van der Waals surface area (Å²) in [6, 6.07) is 0. The summed E-state index contributed by atoms with van der Waals surface area (Å²) in [5, 5.41) is 3.04. The third-order valence-corrected chi connectivity index (χ3v) is 3.59. The first-order chi connectivity index (χ1) is 5.71. The Hall–Kier alpha value is -0.110. The van der Waals surface area contributed by atoms with E-state index in [1.165, 1.54) is 12.8 Å². The van der Waals surface area contributed by atoms with E-state index in [9.17, 15) is 4.39 Å². The summed E-state index contributed by atoms with van der Waals surface area (Å²) < 4.78 is 13.9. The van der Waals surface area contributed by atoms with Gasteiger partial charge in [-0.2, -0.15) is 0 Å². The Bertz CT molecular complexity index is 157. The molecule has 2 rings (SSSR count). The average molecular weight is 171 g/mol. The maximum atomic E-state index is 13.9. The third-order valence-electron chi connectivity index (χ3n) is 3.59. The maximum Gasteiger partial charge on any atom is 0.138 e. The van der Waals surface area contributed by atoms with Gasteiger partial charge >= 0.3 is 0 Å². The minimum atomic E-state index is -0.833. The van der Waals surface area contributed by atoms with Crippen molar-refractivity contribution in [1.29, 1.82) is 0 Å². The Kier molecular flexibility index (Phi) is 2.11. The smallest absolute Gasteiger partial charge is 0.138 e. The van der Waals surface area contributed by atoms with Crippen LogP contribution in [-0.2, 0) is 0 Å². The van der Waals surface area contributed by atoms with Crippen molar-refractivity contribution in [3.05, 3.63) is 0 Å². The first kappa shape index (κ1) is 8.49. The Morgan fingerprint density at radius 3 is 2.17 bits per heavy atom. The van der Waals surface area contributed by atoms with Crippen LogP contribution in [0.4, 0.5) is 4.39 Å². The molecular weight excluding hydrogens is 153 g/mol. The molecule has 2 heteroatoms. The summed E-state index contributed by atoms with van der Waals surface area (Å²) in [4.78, 5) is 0. The second-order valence-corrected chi connectivity index (χ2v) is 4.59. The summed E-state index contributed by atoms with van der Waals surface area (Å²) in [5.41, 5.74) is -0.833. The van der Waals surface area contributed by atoms with Crippen LogP contribution in [0.1, 0.15) is 32.6 Å². The van der Waals surface area contributed by atoms with Gasteiger partial charge in [0, 0.05) is 13.1 Å². The first-order valence-electron chi connectivity index (χ1n) is 5.10. The predicted molar refractivity (Wildman–Crippen MR) is 47.8 cm³/mol. The molecule has 70 valence electrons. The van der Waals surface area contributed by atoms with Gasteiger partial charge in [0.1, 0.15) is 5.67 Å². The molecule has 0 atom stereocenters. The topological polar surface area (TPSA) is 12.0 Å². The molecule has 0 spiro atoms. The molecule has 12 heavy (non-hydrogen) atoms. The van der Waals surface area contributed by atoms with E-state index in [-0.39, 0.29) is 0 Å². The lowest BCUT2D eigenvalue weighted by atomic mass is 9.72. The minimum absolute atomic E-state index is 0.356. The fraction of sp³-hybridized carbons (Fsp3) is 1.00. The molecule has 0 aromatic rings. The molecule has 1 aliphatic carbocycles. The van der Waals surface area contributed by atoms with Gasteiger partial charge in [-0.05, 0) is 24.7 Å². The molecule has 0 bridgehead atoms. The van der Waals surface area contributed by atoms with Gasteiger partial charge in [0.05, 0.1) is 0 Å². The van der Waals surface area contributed by atoms with Crippen LogP contribution in [0.5, 0.6) is 0 Å². The van der Waals surface area contributed by atoms with Crippen LogP contribution in [0.15, 0.2) is 0 Å². The first-order valence-corrected chi connectivity index (χ1v) is 5.10. The number of hydrogen-bond acceptors (Lipinski definition) is 1. The van der Waals surface area contributed by atoms with E-state index in [1.54, 1.807) is 0 Å². The quantitative estimate of drug-likeness (QED) is 0.637. The lowest BCUT2D eigenvalue weighted by Crippen LogP contribution is -2.60. The van der Waals surface area contributed by atoms with Gasteiger partial charge in [-0.3, -0.25) is 0 Å². The summed E-state index contributed by atoms with van der Waals surface area (Å²) >= 11 is 0. The van der Waals surface area contributed by atoms with E-state index in [0.29, 0.717) is 19.0 Å². The number of halogens is 1. The molecule has 1 heterocycles. The van der Waals surface area contributed by atoms with Crippen molar-refractivity contribution in [1.82, 2.24) is 5.32 Å². The highest BCUT2D eigenvalue weighted by atomic mass is 19.1. The molecule has 0 aromatic heterocycles. The van der Waals surface area contributed by atoms with Crippen LogP contribution in [0.2, 0.25) is 0 Å². The monoisotopic (exact) mass is 171 g/mol.